The lowest BCUT2D eigenvalue weighted by Gasteiger charge is -2.36. The fourth-order valence-corrected chi connectivity index (χ4v) is 3.23. The van der Waals surface area contributed by atoms with E-state index in [1.165, 1.54) is 11.1 Å². The SMILES string of the molecule is CC(=O)N1CCN(C(=O)[C@H](C)N[C@H](C)c2ccc(C(C)C)cc2)CC1. The van der Waals surface area contributed by atoms with Crippen molar-refractivity contribution < 1.29 is 9.59 Å². The molecule has 2 atom stereocenters. The number of benzene rings is 1. The van der Waals surface area contributed by atoms with Crippen LogP contribution in [0.3, 0.4) is 0 Å². The summed E-state index contributed by atoms with van der Waals surface area (Å²) in [4.78, 5) is 27.7. The minimum atomic E-state index is -0.247. The van der Waals surface area contributed by atoms with Crippen LogP contribution < -0.4 is 5.32 Å². The Balaban J connectivity index is 1.89. The molecule has 2 amide bonds. The second-order valence-electron chi connectivity index (χ2n) is 7.26. The molecule has 0 aliphatic carbocycles. The third-order valence-electron chi connectivity index (χ3n) is 5.01. The van der Waals surface area contributed by atoms with Crippen LogP contribution in [-0.4, -0.2) is 53.8 Å². The molecule has 1 fully saturated rings. The lowest BCUT2D eigenvalue weighted by molar-refractivity contribution is -0.139. The normalized spacial score (nSPS) is 17.5. The highest BCUT2D eigenvalue weighted by molar-refractivity contribution is 5.82. The Bertz CT molecular complexity index is 589. The van der Waals surface area contributed by atoms with Crippen LogP contribution in [0.5, 0.6) is 0 Å². The van der Waals surface area contributed by atoms with E-state index in [2.05, 4.69) is 50.4 Å². The number of rotatable bonds is 5. The fourth-order valence-electron chi connectivity index (χ4n) is 3.23. The zero-order valence-electron chi connectivity index (χ0n) is 16.1. The molecule has 1 aromatic rings. The summed E-state index contributed by atoms with van der Waals surface area (Å²) in [7, 11) is 0. The summed E-state index contributed by atoms with van der Waals surface area (Å²) >= 11 is 0. The molecule has 25 heavy (non-hydrogen) atoms. The van der Waals surface area contributed by atoms with Gasteiger partial charge in [-0.05, 0) is 30.9 Å². The van der Waals surface area contributed by atoms with Crippen LogP contribution in [0.2, 0.25) is 0 Å². The van der Waals surface area contributed by atoms with Crippen LogP contribution in [0.25, 0.3) is 0 Å². The summed E-state index contributed by atoms with van der Waals surface area (Å²) in [5.41, 5.74) is 2.51. The monoisotopic (exact) mass is 345 g/mol. The van der Waals surface area contributed by atoms with E-state index in [1.54, 1.807) is 11.8 Å². The molecule has 1 aromatic carbocycles. The van der Waals surface area contributed by atoms with E-state index < -0.39 is 0 Å². The van der Waals surface area contributed by atoms with Crippen LogP contribution >= 0.6 is 0 Å². The van der Waals surface area contributed by atoms with Crippen molar-refractivity contribution in [3.63, 3.8) is 0 Å². The molecule has 5 nitrogen and oxygen atoms in total. The van der Waals surface area contributed by atoms with Gasteiger partial charge in [0.15, 0.2) is 0 Å². The van der Waals surface area contributed by atoms with E-state index in [0.29, 0.717) is 32.1 Å². The van der Waals surface area contributed by atoms with Crippen molar-refractivity contribution in [2.24, 2.45) is 0 Å². The minimum Gasteiger partial charge on any atom is -0.339 e. The summed E-state index contributed by atoms with van der Waals surface area (Å²) in [6, 6.07) is 8.45. The molecule has 1 aliphatic heterocycles. The summed E-state index contributed by atoms with van der Waals surface area (Å²) in [5.74, 6) is 0.706. The first-order valence-electron chi connectivity index (χ1n) is 9.19. The molecule has 0 bridgehead atoms. The highest BCUT2D eigenvalue weighted by Crippen LogP contribution is 2.19. The highest BCUT2D eigenvalue weighted by atomic mass is 16.2. The largest absolute Gasteiger partial charge is 0.339 e. The molecule has 1 N–H and O–H groups in total. The number of piperazine rings is 1. The molecule has 138 valence electrons. The number of hydrogen-bond acceptors (Lipinski definition) is 3. The lowest BCUT2D eigenvalue weighted by atomic mass is 9.99. The van der Waals surface area contributed by atoms with Gasteiger partial charge in [-0.3, -0.25) is 14.9 Å². The first-order chi connectivity index (χ1) is 11.8. The molecule has 0 unspecified atom stereocenters. The highest BCUT2D eigenvalue weighted by Gasteiger charge is 2.26. The Hall–Kier alpha value is -1.88. The standard InChI is InChI=1S/C20H31N3O2/c1-14(2)18-6-8-19(9-7-18)15(3)21-16(4)20(25)23-12-10-22(11-13-23)17(5)24/h6-9,14-16,21H,10-13H2,1-5H3/t15-,16+/m1/s1. The van der Waals surface area contributed by atoms with Gasteiger partial charge in [0.1, 0.15) is 0 Å². The van der Waals surface area contributed by atoms with E-state index >= 15 is 0 Å². The van der Waals surface area contributed by atoms with E-state index in [9.17, 15) is 9.59 Å². The predicted octanol–water partition coefficient (Wildman–Crippen LogP) is 2.54. The van der Waals surface area contributed by atoms with E-state index in [4.69, 9.17) is 0 Å². The van der Waals surface area contributed by atoms with Gasteiger partial charge in [0.25, 0.3) is 0 Å². The molecule has 1 heterocycles. The predicted molar refractivity (Wildman–Crippen MR) is 100 cm³/mol. The number of carbonyl (C=O) groups excluding carboxylic acids is 2. The Morgan fingerprint density at radius 3 is 1.84 bits per heavy atom. The summed E-state index contributed by atoms with van der Waals surface area (Å²) in [6.07, 6.45) is 0. The van der Waals surface area contributed by atoms with Crippen molar-refractivity contribution in [3.8, 4) is 0 Å². The van der Waals surface area contributed by atoms with Gasteiger partial charge in [-0.1, -0.05) is 38.1 Å². The molecular formula is C20H31N3O2. The Kier molecular flexibility index (Phi) is 6.59. The molecule has 0 saturated carbocycles. The molecule has 0 radical (unpaired) electrons. The topological polar surface area (TPSA) is 52.7 Å². The number of nitrogens with zero attached hydrogens (tertiary/aromatic N) is 2. The first kappa shape index (κ1) is 19.4. The third kappa shape index (κ3) is 5.05. The van der Waals surface area contributed by atoms with Crippen LogP contribution in [-0.2, 0) is 9.59 Å². The molecule has 0 spiro atoms. The molecule has 1 saturated heterocycles. The van der Waals surface area contributed by atoms with Crippen molar-refractivity contribution in [1.29, 1.82) is 0 Å². The van der Waals surface area contributed by atoms with Gasteiger partial charge in [-0.15, -0.1) is 0 Å². The van der Waals surface area contributed by atoms with Crippen molar-refractivity contribution >= 4 is 11.8 Å². The van der Waals surface area contributed by atoms with Gasteiger partial charge in [-0.2, -0.15) is 0 Å². The van der Waals surface area contributed by atoms with Gasteiger partial charge >= 0.3 is 0 Å². The van der Waals surface area contributed by atoms with Gasteiger partial charge in [0.2, 0.25) is 11.8 Å². The number of amides is 2. The van der Waals surface area contributed by atoms with Gasteiger partial charge in [0.05, 0.1) is 6.04 Å². The van der Waals surface area contributed by atoms with E-state index in [-0.39, 0.29) is 23.9 Å². The van der Waals surface area contributed by atoms with Crippen molar-refractivity contribution in [2.75, 3.05) is 26.2 Å². The molecular weight excluding hydrogens is 314 g/mol. The Morgan fingerprint density at radius 1 is 0.880 bits per heavy atom. The summed E-state index contributed by atoms with van der Waals surface area (Å²) < 4.78 is 0. The number of nitrogens with one attached hydrogen (secondary N) is 1. The smallest absolute Gasteiger partial charge is 0.239 e. The molecule has 1 aliphatic rings. The second kappa shape index (κ2) is 8.48. The lowest BCUT2D eigenvalue weighted by Crippen LogP contribution is -2.54. The number of hydrogen-bond donors (Lipinski definition) is 1. The molecule has 2 rings (SSSR count). The van der Waals surface area contributed by atoms with Crippen molar-refractivity contribution in [3.05, 3.63) is 35.4 Å². The minimum absolute atomic E-state index is 0.0803. The van der Waals surface area contributed by atoms with Gasteiger partial charge in [-0.25, -0.2) is 0 Å². The fraction of sp³-hybridized carbons (Fsp3) is 0.600. The maximum absolute atomic E-state index is 12.6. The second-order valence-corrected chi connectivity index (χ2v) is 7.26. The summed E-state index contributed by atoms with van der Waals surface area (Å²) in [5, 5.41) is 3.40. The quantitative estimate of drug-likeness (QED) is 0.892. The maximum Gasteiger partial charge on any atom is 0.239 e. The van der Waals surface area contributed by atoms with E-state index in [0.717, 1.165) is 0 Å². The van der Waals surface area contributed by atoms with Crippen molar-refractivity contribution in [2.45, 2.75) is 52.6 Å². The van der Waals surface area contributed by atoms with Crippen molar-refractivity contribution in [1.82, 2.24) is 15.1 Å². The van der Waals surface area contributed by atoms with Gasteiger partial charge in [0, 0.05) is 39.1 Å². The third-order valence-corrected chi connectivity index (χ3v) is 5.01. The van der Waals surface area contributed by atoms with E-state index in [1.807, 2.05) is 11.8 Å². The zero-order chi connectivity index (χ0) is 18.6. The zero-order valence-corrected chi connectivity index (χ0v) is 16.1. The first-order valence-corrected chi connectivity index (χ1v) is 9.19. The molecule has 0 aromatic heterocycles. The Labute approximate surface area is 151 Å². The number of carbonyl (C=O) groups is 2. The maximum atomic E-state index is 12.6. The average molecular weight is 345 g/mol. The average Bonchev–Trinajstić information content (AvgIpc) is 2.61. The van der Waals surface area contributed by atoms with Gasteiger partial charge < -0.3 is 9.80 Å². The van der Waals surface area contributed by atoms with Crippen LogP contribution in [0.15, 0.2) is 24.3 Å². The Morgan fingerprint density at radius 2 is 1.36 bits per heavy atom. The summed E-state index contributed by atoms with van der Waals surface area (Å²) in [6.45, 7) is 12.4. The van der Waals surface area contributed by atoms with Crippen LogP contribution in [0.1, 0.15) is 57.7 Å². The van der Waals surface area contributed by atoms with Crippen LogP contribution in [0, 0.1) is 0 Å². The van der Waals surface area contributed by atoms with Crippen LogP contribution in [0.4, 0.5) is 0 Å². The molecule has 5 heteroatoms.